The summed E-state index contributed by atoms with van der Waals surface area (Å²) in [5.41, 5.74) is 1.39. The third kappa shape index (κ3) is 4.31. The Morgan fingerprint density at radius 2 is 1.75 bits per heavy atom. The van der Waals surface area contributed by atoms with Gasteiger partial charge < -0.3 is 14.4 Å². The summed E-state index contributed by atoms with van der Waals surface area (Å²) in [5.74, 6) is 0.830. The number of rotatable bonds is 10. The van der Waals surface area contributed by atoms with Crippen LogP contribution in [0.1, 0.15) is 29.9 Å². The maximum atomic E-state index is 11.3. The van der Waals surface area contributed by atoms with Gasteiger partial charge in [-0.1, -0.05) is 0 Å². The van der Waals surface area contributed by atoms with E-state index in [-0.39, 0.29) is 0 Å². The number of carbonyl (C=O) groups is 1. The van der Waals surface area contributed by atoms with Gasteiger partial charge in [-0.15, -0.1) is 0 Å². The number of aryl methyl sites for hydroxylation is 2. The molecule has 1 rings (SSSR count). The van der Waals surface area contributed by atoms with Crippen LogP contribution in [0.3, 0.4) is 0 Å². The van der Waals surface area contributed by atoms with Crippen molar-refractivity contribution in [2.75, 3.05) is 44.4 Å². The van der Waals surface area contributed by atoms with Crippen LogP contribution in [0.4, 0.5) is 5.82 Å². The van der Waals surface area contributed by atoms with Gasteiger partial charge in [0.2, 0.25) is 0 Å². The summed E-state index contributed by atoms with van der Waals surface area (Å²) < 4.78 is 12.6. The number of hydrogen-bond acceptors (Lipinski definition) is 5. The lowest BCUT2D eigenvalue weighted by Gasteiger charge is -2.25. The van der Waals surface area contributed by atoms with Gasteiger partial charge in [0.15, 0.2) is 6.29 Å². The minimum atomic E-state index is 0.616. The molecule has 20 heavy (non-hydrogen) atoms. The zero-order chi connectivity index (χ0) is 15.0. The molecule has 114 valence electrons. The lowest BCUT2D eigenvalue weighted by atomic mass is 10.2. The Morgan fingerprint density at radius 3 is 2.20 bits per heavy atom. The summed E-state index contributed by atoms with van der Waals surface area (Å²) >= 11 is 0. The fourth-order valence-electron chi connectivity index (χ4n) is 2.14. The largest absolute Gasteiger partial charge is 0.380 e. The Kier molecular flexibility index (Phi) is 7.25. The first kappa shape index (κ1) is 16.7. The highest BCUT2D eigenvalue weighted by Crippen LogP contribution is 2.21. The molecule has 1 aromatic heterocycles. The van der Waals surface area contributed by atoms with Gasteiger partial charge in [-0.25, -0.2) is 0 Å². The molecule has 0 fully saturated rings. The first-order valence-electron chi connectivity index (χ1n) is 7.04. The molecule has 0 unspecified atom stereocenters. The third-order valence-corrected chi connectivity index (χ3v) is 3.07. The average molecular weight is 283 g/mol. The number of carbonyl (C=O) groups excluding carboxylic acids is 1. The minimum Gasteiger partial charge on any atom is -0.380 e. The van der Waals surface area contributed by atoms with Crippen molar-refractivity contribution < 1.29 is 14.3 Å². The molecule has 0 aliphatic carbocycles. The lowest BCUT2D eigenvalue weighted by molar-refractivity contribution is 0.112. The highest BCUT2D eigenvalue weighted by molar-refractivity contribution is 5.84. The van der Waals surface area contributed by atoms with Gasteiger partial charge in [0, 0.05) is 33.4 Å². The van der Waals surface area contributed by atoms with E-state index in [0.29, 0.717) is 45.1 Å². The van der Waals surface area contributed by atoms with E-state index in [1.807, 2.05) is 27.8 Å². The molecule has 0 N–H and O–H groups in total. The van der Waals surface area contributed by atoms with Gasteiger partial charge in [0.25, 0.3) is 0 Å². The maximum absolute atomic E-state index is 11.3. The summed E-state index contributed by atoms with van der Waals surface area (Å²) in [5, 5.41) is 4.32. The molecule has 0 spiro atoms. The van der Waals surface area contributed by atoms with E-state index < -0.39 is 0 Å². The van der Waals surface area contributed by atoms with Crippen LogP contribution >= 0.6 is 0 Å². The molecular weight excluding hydrogens is 258 g/mol. The van der Waals surface area contributed by atoms with Crippen LogP contribution in [-0.2, 0) is 16.5 Å². The topological polar surface area (TPSA) is 56.6 Å². The standard InChI is InChI=1S/C14H25N3O3/c1-5-19-9-7-17(8-10-20-6-2)14-13(11-18)12(3)15-16(14)4/h11H,5-10H2,1-4H3. The van der Waals surface area contributed by atoms with Gasteiger partial charge >= 0.3 is 0 Å². The van der Waals surface area contributed by atoms with Crippen LogP contribution in [-0.4, -0.2) is 55.6 Å². The van der Waals surface area contributed by atoms with Crippen molar-refractivity contribution >= 4 is 12.1 Å². The average Bonchev–Trinajstić information content (AvgIpc) is 2.71. The van der Waals surface area contributed by atoms with Crippen LogP contribution in [0.2, 0.25) is 0 Å². The molecule has 0 saturated carbocycles. The van der Waals surface area contributed by atoms with Gasteiger partial charge in [-0.3, -0.25) is 9.48 Å². The number of aldehydes is 1. The molecule has 0 radical (unpaired) electrons. The lowest BCUT2D eigenvalue weighted by Crippen LogP contribution is -2.33. The van der Waals surface area contributed by atoms with E-state index in [9.17, 15) is 4.79 Å². The summed E-state index contributed by atoms with van der Waals surface area (Å²) in [6, 6.07) is 0. The first-order chi connectivity index (χ1) is 9.65. The fourth-order valence-corrected chi connectivity index (χ4v) is 2.14. The molecule has 6 nitrogen and oxygen atoms in total. The highest BCUT2D eigenvalue weighted by Gasteiger charge is 2.18. The van der Waals surface area contributed by atoms with E-state index in [0.717, 1.165) is 17.8 Å². The van der Waals surface area contributed by atoms with Gasteiger partial charge in [-0.2, -0.15) is 5.10 Å². The van der Waals surface area contributed by atoms with E-state index in [1.165, 1.54) is 0 Å². The third-order valence-electron chi connectivity index (χ3n) is 3.07. The van der Waals surface area contributed by atoms with Crippen molar-refractivity contribution in [2.24, 2.45) is 7.05 Å². The number of aromatic nitrogens is 2. The smallest absolute Gasteiger partial charge is 0.155 e. The summed E-state index contributed by atoms with van der Waals surface area (Å²) in [7, 11) is 1.85. The summed E-state index contributed by atoms with van der Waals surface area (Å²) in [6.07, 6.45) is 0.867. The van der Waals surface area contributed by atoms with Gasteiger partial charge in [0.05, 0.1) is 24.5 Å². The normalized spacial score (nSPS) is 10.8. The molecule has 1 aromatic rings. The molecular formula is C14H25N3O3. The molecule has 1 heterocycles. The van der Waals surface area contributed by atoms with Crippen LogP contribution < -0.4 is 4.90 Å². The number of hydrogen-bond donors (Lipinski definition) is 0. The molecule has 0 atom stereocenters. The van der Waals surface area contributed by atoms with Crippen LogP contribution in [0.25, 0.3) is 0 Å². The number of anilines is 1. The van der Waals surface area contributed by atoms with E-state index in [1.54, 1.807) is 4.68 Å². The summed E-state index contributed by atoms with van der Waals surface area (Å²) in [4.78, 5) is 13.4. The van der Waals surface area contributed by atoms with E-state index in [2.05, 4.69) is 10.00 Å². The van der Waals surface area contributed by atoms with Crippen molar-refractivity contribution in [3.05, 3.63) is 11.3 Å². The molecule has 0 saturated heterocycles. The van der Waals surface area contributed by atoms with Crippen molar-refractivity contribution in [3.8, 4) is 0 Å². The quantitative estimate of drug-likeness (QED) is 0.480. The van der Waals surface area contributed by atoms with E-state index >= 15 is 0 Å². The minimum absolute atomic E-state index is 0.616. The number of nitrogens with zero attached hydrogens (tertiary/aromatic N) is 3. The van der Waals surface area contributed by atoms with Crippen molar-refractivity contribution in [2.45, 2.75) is 20.8 Å². The molecule has 6 heteroatoms. The molecule has 0 aliphatic rings. The maximum Gasteiger partial charge on any atom is 0.155 e. The zero-order valence-corrected chi connectivity index (χ0v) is 12.9. The van der Waals surface area contributed by atoms with Gasteiger partial charge in [-0.05, 0) is 20.8 Å². The molecule has 0 aliphatic heterocycles. The van der Waals surface area contributed by atoms with Crippen LogP contribution in [0, 0.1) is 6.92 Å². The Hall–Kier alpha value is -1.40. The summed E-state index contributed by atoms with van der Waals surface area (Å²) in [6.45, 7) is 9.80. The zero-order valence-electron chi connectivity index (χ0n) is 12.9. The first-order valence-corrected chi connectivity index (χ1v) is 7.04. The second-order valence-corrected chi connectivity index (χ2v) is 4.45. The second-order valence-electron chi connectivity index (χ2n) is 4.45. The van der Waals surface area contributed by atoms with Crippen LogP contribution in [0.5, 0.6) is 0 Å². The van der Waals surface area contributed by atoms with E-state index in [4.69, 9.17) is 9.47 Å². The Labute approximate surface area is 120 Å². The number of ether oxygens (including phenoxy) is 2. The molecule has 0 bridgehead atoms. The predicted molar refractivity (Wildman–Crippen MR) is 78.5 cm³/mol. The predicted octanol–water partition coefficient (Wildman–Crippen LogP) is 1.42. The highest BCUT2D eigenvalue weighted by atomic mass is 16.5. The second kappa shape index (κ2) is 8.71. The molecule has 0 amide bonds. The fraction of sp³-hybridized carbons (Fsp3) is 0.714. The molecule has 0 aromatic carbocycles. The van der Waals surface area contributed by atoms with Crippen LogP contribution in [0.15, 0.2) is 0 Å². The SMILES string of the molecule is CCOCCN(CCOCC)c1c(C=O)c(C)nn1C. The van der Waals surface area contributed by atoms with Gasteiger partial charge in [0.1, 0.15) is 5.82 Å². The van der Waals surface area contributed by atoms with Crippen molar-refractivity contribution in [3.63, 3.8) is 0 Å². The van der Waals surface area contributed by atoms with Crippen molar-refractivity contribution in [1.82, 2.24) is 9.78 Å². The Balaban J connectivity index is 2.87. The monoisotopic (exact) mass is 283 g/mol. The Bertz CT molecular complexity index is 408. The van der Waals surface area contributed by atoms with Crippen molar-refractivity contribution in [1.29, 1.82) is 0 Å². The Morgan fingerprint density at radius 1 is 1.20 bits per heavy atom.